The molecule has 1 N–H and O–H groups in total. The zero-order valence-corrected chi connectivity index (χ0v) is 18.2. The second-order valence-corrected chi connectivity index (χ2v) is 7.28. The second-order valence-electron chi connectivity index (χ2n) is 6.85. The zero-order valence-electron chi connectivity index (χ0n) is 17.5. The molecule has 156 valence electrons. The van der Waals surface area contributed by atoms with Gasteiger partial charge in [0, 0.05) is 45.3 Å². The molecule has 0 aromatic heterocycles. The maximum absolute atomic E-state index is 12.1. The van der Waals surface area contributed by atoms with Gasteiger partial charge in [0.2, 0.25) is 0 Å². The third kappa shape index (κ3) is 7.31. The largest absolute Gasteiger partial charge is 0.492 e. The normalized spacial score (nSPS) is 11.1. The molecule has 1 amide bonds. The van der Waals surface area contributed by atoms with Crippen LogP contribution in [-0.4, -0.2) is 69.6 Å². The van der Waals surface area contributed by atoms with Crippen LogP contribution in [0, 0.1) is 0 Å². The molecule has 0 aliphatic heterocycles. The summed E-state index contributed by atoms with van der Waals surface area (Å²) >= 11 is 5.88. The molecule has 0 spiro atoms. The minimum absolute atomic E-state index is 0.0102. The van der Waals surface area contributed by atoms with Gasteiger partial charge in [-0.25, -0.2) is 0 Å². The molecule has 7 heteroatoms. The molecule has 2 aromatic rings. The van der Waals surface area contributed by atoms with Crippen LogP contribution >= 0.6 is 11.6 Å². The van der Waals surface area contributed by atoms with E-state index in [1.54, 1.807) is 26.0 Å². The summed E-state index contributed by atoms with van der Waals surface area (Å²) in [6.07, 6.45) is 0.794. The number of aliphatic imine (C=N–C) groups is 1. The number of hydrogen-bond donors (Lipinski definition) is 1. The number of carbonyl (C=O) groups excluding carboxylic acids is 1. The first-order valence-electron chi connectivity index (χ1n) is 9.51. The van der Waals surface area contributed by atoms with E-state index in [0.29, 0.717) is 30.3 Å². The monoisotopic (exact) mass is 416 g/mol. The molecule has 0 saturated carbocycles. The lowest BCUT2D eigenvalue weighted by Gasteiger charge is -2.22. The molecule has 6 nitrogen and oxygen atoms in total. The minimum atomic E-state index is 0.0102. The van der Waals surface area contributed by atoms with Gasteiger partial charge < -0.3 is 19.9 Å². The van der Waals surface area contributed by atoms with E-state index in [2.05, 4.69) is 10.3 Å². The van der Waals surface area contributed by atoms with Crippen LogP contribution in [0.2, 0.25) is 5.02 Å². The molecule has 0 bridgehead atoms. The number of nitrogens with one attached hydrogen (secondary N) is 1. The fourth-order valence-electron chi connectivity index (χ4n) is 2.76. The highest BCUT2D eigenvalue weighted by Gasteiger charge is 2.09. The van der Waals surface area contributed by atoms with Crippen molar-refractivity contribution >= 4 is 23.5 Å². The Bertz CT molecular complexity index is 822. The fourth-order valence-corrected chi connectivity index (χ4v) is 2.88. The minimum Gasteiger partial charge on any atom is -0.492 e. The van der Waals surface area contributed by atoms with Gasteiger partial charge in [-0.15, -0.1) is 0 Å². The summed E-state index contributed by atoms with van der Waals surface area (Å²) in [5.41, 5.74) is 1.81. The Morgan fingerprint density at radius 3 is 2.52 bits per heavy atom. The maximum atomic E-state index is 12.1. The molecule has 0 heterocycles. The SMILES string of the molecule is CN=C(NCCc1cccc(C(=O)N(C)C)c1)N(C)CCOc1ccc(Cl)cc1. The first-order valence-corrected chi connectivity index (χ1v) is 9.89. The lowest BCUT2D eigenvalue weighted by Crippen LogP contribution is -2.41. The van der Waals surface area contributed by atoms with Crippen LogP contribution in [0.5, 0.6) is 5.75 Å². The van der Waals surface area contributed by atoms with E-state index in [1.807, 2.05) is 60.5 Å². The van der Waals surface area contributed by atoms with Crippen molar-refractivity contribution in [2.24, 2.45) is 4.99 Å². The van der Waals surface area contributed by atoms with Crippen LogP contribution in [0.1, 0.15) is 15.9 Å². The van der Waals surface area contributed by atoms with Crippen LogP contribution < -0.4 is 10.1 Å². The van der Waals surface area contributed by atoms with Crippen molar-refractivity contribution in [1.29, 1.82) is 0 Å². The van der Waals surface area contributed by atoms with E-state index >= 15 is 0 Å². The van der Waals surface area contributed by atoms with Crippen LogP contribution in [0.3, 0.4) is 0 Å². The van der Waals surface area contributed by atoms with Crippen molar-refractivity contribution < 1.29 is 9.53 Å². The Hall–Kier alpha value is -2.73. The molecule has 0 unspecified atom stereocenters. The standard InChI is InChI=1S/C22H29ClN4O2/c1-24-22(27(4)14-15-29-20-10-8-19(23)9-11-20)25-13-12-17-6-5-7-18(16-17)21(28)26(2)3/h5-11,16H,12-15H2,1-4H3,(H,24,25). The van der Waals surface area contributed by atoms with Crippen LogP contribution in [0.25, 0.3) is 0 Å². The number of halogens is 1. The van der Waals surface area contributed by atoms with Crippen molar-refractivity contribution in [1.82, 2.24) is 15.1 Å². The van der Waals surface area contributed by atoms with Crippen molar-refractivity contribution in [3.8, 4) is 5.75 Å². The summed E-state index contributed by atoms with van der Waals surface area (Å²) in [7, 11) is 7.24. The summed E-state index contributed by atoms with van der Waals surface area (Å²) < 4.78 is 5.74. The zero-order chi connectivity index (χ0) is 21.2. The lowest BCUT2D eigenvalue weighted by atomic mass is 10.1. The number of likely N-dealkylation sites (N-methyl/N-ethyl adjacent to an activating group) is 1. The number of amides is 1. The van der Waals surface area contributed by atoms with Gasteiger partial charge in [0.05, 0.1) is 6.54 Å². The van der Waals surface area contributed by atoms with Crippen molar-refractivity contribution in [2.75, 3.05) is 47.9 Å². The van der Waals surface area contributed by atoms with E-state index < -0.39 is 0 Å². The van der Waals surface area contributed by atoms with Crippen LogP contribution in [-0.2, 0) is 6.42 Å². The van der Waals surface area contributed by atoms with Gasteiger partial charge in [-0.3, -0.25) is 9.79 Å². The highest BCUT2D eigenvalue weighted by Crippen LogP contribution is 2.15. The Morgan fingerprint density at radius 2 is 1.86 bits per heavy atom. The molecular weight excluding hydrogens is 388 g/mol. The van der Waals surface area contributed by atoms with Gasteiger partial charge in [0.1, 0.15) is 12.4 Å². The van der Waals surface area contributed by atoms with Gasteiger partial charge in [-0.1, -0.05) is 23.7 Å². The highest BCUT2D eigenvalue weighted by atomic mass is 35.5. The maximum Gasteiger partial charge on any atom is 0.253 e. The van der Waals surface area contributed by atoms with Crippen LogP contribution in [0.15, 0.2) is 53.5 Å². The number of carbonyl (C=O) groups is 1. The van der Waals surface area contributed by atoms with E-state index in [0.717, 1.165) is 23.7 Å². The number of nitrogens with zero attached hydrogens (tertiary/aromatic N) is 3. The predicted molar refractivity (Wildman–Crippen MR) is 119 cm³/mol. The summed E-state index contributed by atoms with van der Waals surface area (Å²) in [4.78, 5) is 20.0. The average molecular weight is 417 g/mol. The van der Waals surface area contributed by atoms with E-state index in [4.69, 9.17) is 16.3 Å². The van der Waals surface area contributed by atoms with Crippen molar-refractivity contribution in [3.05, 3.63) is 64.7 Å². The molecule has 2 aromatic carbocycles. The number of guanidine groups is 1. The third-order valence-electron chi connectivity index (χ3n) is 4.36. The summed E-state index contributed by atoms with van der Waals surface area (Å²) in [5, 5.41) is 4.04. The molecule has 0 aliphatic rings. The smallest absolute Gasteiger partial charge is 0.253 e. The fraction of sp³-hybridized carbons (Fsp3) is 0.364. The Kier molecular flexibility index (Phi) is 8.80. The molecule has 0 radical (unpaired) electrons. The lowest BCUT2D eigenvalue weighted by molar-refractivity contribution is 0.0827. The molecule has 0 fully saturated rings. The predicted octanol–water partition coefficient (Wildman–Crippen LogP) is 3.17. The Morgan fingerprint density at radius 1 is 1.14 bits per heavy atom. The molecule has 2 rings (SSSR count). The van der Waals surface area contributed by atoms with E-state index in [1.165, 1.54) is 0 Å². The quantitative estimate of drug-likeness (QED) is 0.530. The Balaban J connectivity index is 1.78. The molecule has 0 aliphatic carbocycles. The number of hydrogen-bond acceptors (Lipinski definition) is 3. The van der Waals surface area contributed by atoms with Gasteiger partial charge in [-0.2, -0.15) is 0 Å². The average Bonchev–Trinajstić information content (AvgIpc) is 2.72. The van der Waals surface area contributed by atoms with Crippen LogP contribution in [0.4, 0.5) is 0 Å². The van der Waals surface area contributed by atoms with Crippen molar-refractivity contribution in [3.63, 3.8) is 0 Å². The first kappa shape index (κ1) is 22.6. The molecule has 0 saturated heterocycles. The van der Waals surface area contributed by atoms with E-state index in [9.17, 15) is 4.79 Å². The number of rotatable bonds is 8. The molecular formula is C22H29ClN4O2. The van der Waals surface area contributed by atoms with E-state index in [-0.39, 0.29) is 5.91 Å². The Labute approximate surface area is 178 Å². The summed E-state index contributed by atoms with van der Waals surface area (Å²) in [5.74, 6) is 1.60. The summed E-state index contributed by atoms with van der Waals surface area (Å²) in [6, 6.07) is 15.0. The highest BCUT2D eigenvalue weighted by molar-refractivity contribution is 6.30. The van der Waals surface area contributed by atoms with Crippen molar-refractivity contribution in [2.45, 2.75) is 6.42 Å². The van der Waals surface area contributed by atoms with Gasteiger partial charge in [-0.05, 0) is 48.4 Å². The third-order valence-corrected chi connectivity index (χ3v) is 4.61. The van der Waals surface area contributed by atoms with Gasteiger partial charge in [0.15, 0.2) is 5.96 Å². The topological polar surface area (TPSA) is 57.2 Å². The molecule has 0 atom stereocenters. The second kappa shape index (κ2) is 11.3. The van der Waals surface area contributed by atoms with Gasteiger partial charge >= 0.3 is 0 Å². The first-order chi connectivity index (χ1) is 13.9. The summed E-state index contributed by atoms with van der Waals surface area (Å²) in [6.45, 7) is 1.94. The number of benzene rings is 2. The van der Waals surface area contributed by atoms with Gasteiger partial charge in [0.25, 0.3) is 5.91 Å². The number of ether oxygens (including phenoxy) is 1. The molecule has 29 heavy (non-hydrogen) atoms.